The van der Waals surface area contributed by atoms with Crippen molar-refractivity contribution in [2.45, 2.75) is 20.8 Å². The first-order chi connectivity index (χ1) is 14.0. The van der Waals surface area contributed by atoms with E-state index in [-0.39, 0.29) is 5.91 Å². The van der Waals surface area contributed by atoms with Crippen LogP contribution in [-0.2, 0) is 0 Å². The Morgan fingerprint density at radius 3 is 2.55 bits per heavy atom. The molecular weight excluding hydrogens is 386 g/mol. The molecule has 4 aromatic rings. The van der Waals surface area contributed by atoms with E-state index in [2.05, 4.69) is 20.4 Å². The topological polar surface area (TPSA) is 81.9 Å². The predicted molar refractivity (Wildman–Crippen MR) is 112 cm³/mol. The van der Waals surface area contributed by atoms with E-state index in [9.17, 15) is 4.79 Å². The number of benzene rings is 1. The van der Waals surface area contributed by atoms with Gasteiger partial charge in [0.2, 0.25) is 5.88 Å². The third-order valence-electron chi connectivity index (χ3n) is 4.62. The summed E-state index contributed by atoms with van der Waals surface area (Å²) in [4.78, 5) is 20.6. The molecule has 0 saturated carbocycles. The quantitative estimate of drug-likeness (QED) is 0.521. The van der Waals surface area contributed by atoms with Gasteiger partial charge in [0.05, 0.1) is 11.3 Å². The highest BCUT2D eigenvalue weighted by atomic mass is 32.1. The zero-order chi connectivity index (χ0) is 20.4. The van der Waals surface area contributed by atoms with E-state index >= 15 is 0 Å². The van der Waals surface area contributed by atoms with E-state index in [0.717, 1.165) is 17.0 Å². The summed E-state index contributed by atoms with van der Waals surface area (Å²) in [6, 6.07) is 10.6. The molecule has 29 heavy (non-hydrogen) atoms. The van der Waals surface area contributed by atoms with Gasteiger partial charge < -0.3 is 10.1 Å². The monoisotopic (exact) mass is 405 g/mol. The predicted octanol–water partition coefficient (Wildman–Crippen LogP) is 4.69. The first kappa shape index (κ1) is 18.8. The van der Waals surface area contributed by atoms with Crippen LogP contribution in [-0.4, -0.2) is 25.7 Å². The summed E-state index contributed by atoms with van der Waals surface area (Å²) in [6.45, 7) is 6.00. The van der Waals surface area contributed by atoms with Crippen molar-refractivity contribution < 1.29 is 9.53 Å². The molecule has 0 aliphatic heterocycles. The molecule has 0 fully saturated rings. The van der Waals surface area contributed by atoms with Crippen LogP contribution in [0.5, 0.6) is 11.6 Å². The molecule has 3 aromatic heterocycles. The van der Waals surface area contributed by atoms with Crippen molar-refractivity contribution in [1.82, 2.24) is 19.7 Å². The largest absolute Gasteiger partial charge is 0.439 e. The smallest absolute Gasteiger partial charge is 0.256 e. The molecule has 0 aliphatic carbocycles. The molecular formula is C21H19N5O2S. The minimum absolute atomic E-state index is 0.138. The van der Waals surface area contributed by atoms with Crippen molar-refractivity contribution >= 4 is 22.9 Å². The molecule has 0 atom stereocenters. The molecule has 0 radical (unpaired) electrons. The minimum Gasteiger partial charge on any atom is -0.439 e. The Balaban J connectivity index is 1.48. The van der Waals surface area contributed by atoms with Gasteiger partial charge >= 0.3 is 0 Å². The third-order valence-corrected chi connectivity index (χ3v) is 5.30. The summed E-state index contributed by atoms with van der Waals surface area (Å²) < 4.78 is 7.63. The van der Waals surface area contributed by atoms with Crippen molar-refractivity contribution in [1.29, 1.82) is 0 Å². The zero-order valence-electron chi connectivity index (χ0n) is 16.2. The average molecular weight is 405 g/mol. The van der Waals surface area contributed by atoms with E-state index in [1.165, 1.54) is 17.7 Å². The van der Waals surface area contributed by atoms with Crippen LogP contribution in [0.1, 0.15) is 27.3 Å². The lowest BCUT2D eigenvalue weighted by Crippen LogP contribution is -2.10. The number of rotatable bonds is 5. The molecule has 0 bridgehead atoms. The number of hydrogen-bond donors (Lipinski definition) is 1. The number of carbonyl (C=O) groups excluding carboxylic acids is 1. The number of nitrogens with zero attached hydrogens (tertiary/aromatic N) is 4. The van der Waals surface area contributed by atoms with Gasteiger partial charge in [-0.3, -0.25) is 4.79 Å². The fourth-order valence-electron chi connectivity index (χ4n) is 2.77. The van der Waals surface area contributed by atoms with Crippen LogP contribution in [0.15, 0.2) is 53.5 Å². The van der Waals surface area contributed by atoms with E-state index in [1.54, 1.807) is 41.1 Å². The minimum atomic E-state index is -0.138. The fraction of sp³-hybridized carbons (Fsp3) is 0.143. The third kappa shape index (κ3) is 4.02. The number of carbonyl (C=O) groups is 1. The SMILES string of the molecule is Cc1nn(-c2cc(Oc3ccc(NC(=O)c4ccsc4)cc3)ncn2)c(C)c1C. The fourth-order valence-corrected chi connectivity index (χ4v) is 3.41. The number of ether oxygens (including phenoxy) is 1. The van der Waals surface area contributed by atoms with Gasteiger partial charge in [-0.25, -0.2) is 14.6 Å². The zero-order valence-corrected chi connectivity index (χ0v) is 17.0. The summed E-state index contributed by atoms with van der Waals surface area (Å²) in [7, 11) is 0. The van der Waals surface area contributed by atoms with Gasteiger partial charge in [-0.05, 0) is 62.0 Å². The van der Waals surface area contributed by atoms with Gasteiger partial charge in [0, 0.05) is 22.8 Å². The van der Waals surface area contributed by atoms with Crippen LogP contribution in [0.4, 0.5) is 5.69 Å². The lowest BCUT2D eigenvalue weighted by molar-refractivity contribution is 0.102. The molecule has 1 N–H and O–H groups in total. The number of aromatic nitrogens is 4. The van der Waals surface area contributed by atoms with Crippen molar-refractivity contribution in [3.05, 3.63) is 76.0 Å². The summed E-state index contributed by atoms with van der Waals surface area (Å²) in [5, 5.41) is 11.1. The van der Waals surface area contributed by atoms with Crippen LogP contribution in [0.25, 0.3) is 5.82 Å². The summed E-state index contributed by atoms with van der Waals surface area (Å²) >= 11 is 1.49. The van der Waals surface area contributed by atoms with Crippen LogP contribution in [0.2, 0.25) is 0 Å². The Labute approximate surface area is 172 Å². The van der Waals surface area contributed by atoms with Crippen LogP contribution >= 0.6 is 11.3 Å². The highest BCUT2D eigenvalue weighted by Gasteiger charge is 2.12. The lowest BCUT2D eigenvalue weighted by Gasteiger charge is -2.08. The van der Waals surface area contributed by atoms with Gasteiger partial charge in [0.15, 0.2) is 5.82 Å². The normalized spacial score (nSPS) is 10.7. The van der Waals surface area contributed by atoms with Crippen LogP contribution in [0, 0.1) is 20.8 Å². The van der Waals surface area contributed by atoms with E-state index in [1.807, 2.05) is 31.5 Å². The molecule has 3 heterocycles. The standard InChI is InChI=1S/C21H19N5O2S/c1-13-14(2)25-26(15(13)3)19-10-20(23-12-22-19)28-18-6-4-17(5-7-18)24-21(27)16-8-9-29-11-16/h4-12H,1-3H3,(H,24,27). The number of amides is 1. The second kappa shape index (κ2) is 7.84. The second-order valence-corrected chi connectivity index (χ2v) is 7.29. The highest BCUT2D eigenvalue weighted by Crippen LogP contribution is 2.24. The maximum absolute atomic E-state index is 12.1. The first-order valence-corrected chi connectivity index (χ1v) is 9.92. The molecule has 1 amide bonds. The molecule has 7 nitrogen and oxygen atoms in total. The number of hydrogen-bond acceptors (Lipinski definition) is 6. The van der Waals surface area contributed by atoms with E-state index in [4.69, 9.17) is 4.74 Å². The van der Waals surface area contributed by atoms with Crippen molar-refractivity contribution in [3.63, 3.8) is 0 Å². The Morgan fingerprint density at radius 2 is 1.90 bits per heavy atom. The Kier molecular flexibility index (Phi) is 5.09. The van der Waals surface area contributed by atoms with Crippen LogP contribution < -0.4 is 10.1 Å². The Hall–Kier alpha value is -3.52. The summed E-state index contributed by atoms with van der Waals surface area (Å²) in [5.74, 6) is 1.52. The number of nitrogens with one attached hydrogen (secondary N) is 1. The number of aryl methyl sites for hydroxylation is 1. The summed E-state index contributed by atoms with van der Waals surface area (Å²) in [6.07, 6.45) is 1.45. The van der Waals surface area contributed by atoms with E-state index < -0.39 is 0 Å². The molecule has 0 aliphatic rings. The maximum Gasteiger partial charge on any atom is 0.256 e. The second-order valence-electron chi connectivity index (χ2n) is 6.51. The molecule has 0 spiro atoms. The van der Waals surface area contributed by atoms with Crippen molar-refractivity contribution in [2.75, 3.05) is 5.32 Å². The average Bonchev–Trinajstić information content (AvgIpc) is 3.35. The molecule has 1 aromatic carbocycles. The highest BCUT2D eigenvalue weighted by molar-refractivity contribution is 7.08. The Morgan fingerprint density at radius 1 is 1.10 bits per heavy atom. The Bertz CT molecular complexity index is 1150. The maximum atomic E-state index is 12.1. The van der Waals surface area contributed by atoms with Gasteiger partial charge in [-0.1, -0.05) is 0 Å². The number of anilines is 1. The van der Waals surface area contributed by atoms with Gasteiger partial charge in [-0.15, -0.1) is 0 Å². The van der Waals surface area contributed by atoms with Gasteiger partial charge in [0.25, 0.3) is 5.91 Å². The van der Waals surface area contributed by atoms with Crippen molar-refractivity contribution in [3.8, 4) is 17.4 Å². The molecule has 0 unspecified atom stereocenters. The number of thiophene rings is 1. The first-order valence-electron chi connectivity index (χ1n) is 8.98. The molecule has 0 saturated heterocycles. The summed E-state index contributed by atoms with van der Waals surface area (Å²) in [5.41, 5.74) is 4.45. The lowest BCUT2D eigenvalue weighted by atomic mass is 10.2. The molecule has 4 rings (SSSR count). The van der Waals surface area contributed by atoms with Gasteiger partial charge in [-0.2, -0.15) is 16.4 Å². The van der Waals surface area contributed by atoms with Crippen molar-refractivity contribution in [2.24, 2.45) is 0 Å². The van der Waals surface area contributed by atoms with Crippen LogP contribution in [0.3, 0.4) is 0 Å². The molecule has 146 valence electrons. The van der Waals surface area contributed by atoms with E-state index in [0.29, 0.717) is 28.7 Å². The molecule has 8 heteroatoms. The van der Waals surface area contributed by atoms with Gasteiger partial charge in [0.1, 0.15) is 12.1 Å².